The summed E-state index contributed by atoms with van der Waals surface area (Å²) in [5.41, 5.74) is 1.43. The minimum absolute atomic E-state index is 0.920. The third kappa shape index (κ3) is 4.72. The number of hydrogen-bond donors (Lipinski definition) is 1. The molecule has 1 N–H and O–H groups in total. The van der Waals surface area contributed by atoms with Gasteiger partial charge in [-0.25, -0.2) is 0 Å². The van der Waals surface area contributed by atoms with E-state index >= 15 is 0 Å². The van der Waals surface area contributed by atoms with Crippen molar-refractivity contribution in [3.05, 3.63) is 12.2 Å². The summed E-state index contributed by atoms with van der Waals surface area (Å²) in [5, 5.41) is 3.17. The first-order chi connectivity index (χ1) is 6.33. The van der Waals surface area contributed by atoms with Gasteiger partial charge >= 0.3 is 0 Å². The Balaban J connectivity index is 2.11. The van der Waals surface area contributed by atoms with E-state index in [-0.39, 0.29) is 0 Å². The van der Waals surface area contributed by atoms with Crippen LogP contribution in [0.15, 0.2) is 12.2 Å². The lowest BCUT2D eigenvalue weighted by molar-refractivity contribution is 0.511. The minimum Gasteiger partial charge on any atom is -0.319 e. The maximum Gasteiger partial charge on any atom is -0.00147 e. The fourth-order valence-electron chi connectivity index (χ4n) is 1.78. The summed E-state index contributed by atoms with van der Waals surface area (Å²) in [6.07, 6.45) is 5.24. The fourth-order valence-corrected chi connectivity index (χ4v) is 2.94. The highest BCUT2D eigenvalue weighted by molar-refractivity contribution is 7.99. The fraction of sp³-hybridized carbons (Fsp3) is 0.818. The average molecular weight is 199 g/mol. The Hall–Kier alpha value is 0.0500. The lowest BCUT2D eigenvalue weighted by atomic mass is 9.95. The quantitative estimate of drug-likeness (QED) is 0.683. The molecular formula is C11H21NS. The van der Waals surface area contributed by atoms with Gasteiger partial charge in [0.2, 0.25) is 0 Å². The van der Waals surface area contributed by atoms with Crippen LogP contribution < -0.4 is 5.32 Å². The van der Waals surface area contributed by atoms with E-state index in [9.17, 15) is 0 Å². The summed E-state index contributed by atoms with van der Waals surface area (Å²) >= 11 is 2.11. The Bertz CT molecular complexity index is 150. The zero-order chi connectivity index (χ0) is 9.52. The van der Waals surface area contributed by atoms with Crippen LogP contribution >= 0.6 is 11.8 Å². The molecule has 1 unspecified atom stereocenters. The van der Waals surface area contributed by atoms with Gasteiger partial charge in [0, 0.05) is 0 Å². The predicted molar refractivity (Wildman–Crippen MR) is 62.3 cm³/mol. The minimum atomic E-state index is 0.920. The van der Waals surface area contributed by atoms with Crippen LogP contribution in [0.4, 0.5) is 0 Å². The van der Waals surface area contributed by atoms with Crippen LogP contribution in [0.25, 0.3) is 0 Å². The Morgan fingerprint density at radius 1 is 1.62 bits per heavy atom. The maximum absolute atomic E-state index is 4.14. The number of rotatable bonds is 5. The van der Waals surface area contributed by atoms with Gasteiger partial charge in [0.15, 0.2) is 0 Å². The second kappa shape index (κ2) is 6.50. The van der Waals surface area contributed by atoms with Crippen molar-refractivity contribution in [1.29, 1.82) is 0 Å². The Labute approximate surface area is 86.4 Å². The van der Waals surface area contributed by atoms with Crippen LogP contribution in [-0.2, 0) is 0 Å². The van der Waals surface area contributed by atoms with E-state index in [0.717, 1.165) is 18.9 Å². The van der Waals surface area contributed by atoms with Crippen molar-refractivity contribution in [1.82, 2.24) is 5.32 Å². The zero-order valence-electron chi connectivity index (χ0n) is 8.64. The van der Waals surface area contributed by atoms with E-state index in [1.165, 1.54) is 36.3 Å². The van der Waals surface area contributed by atoms with Crippen LogP contribution in [0.5, 0.6) is 0 Å². The van der Waals surface area contributed by atoms with Crippen LogP contribution in [0.2, 0.25) is 0 Å². The molecule has 1 aliphatic heterocycles. The number of hydrogen-bond acceptors (Lipinski definition) is 2. The van der Waals surface area contributed by atoms with Gasteiger partial charge in [-0.15, -0.1) is 0 Å². The van der Waals surface area contributed by atoms with Gasteiger partial charge in [-0.05, 0) is 56.7 Å². The molecule has 0 bridgehead atoms. The van der Waals surface area contributed by atoms with Crippen molar-refractivity contribution in [2.24, 2.45) is 5.92 Å². The molecule has 76 valence electrons. The Morgan fingerprint density at radius 2 is 2.46 bits per heavy atom. The van der Waals surface area contributed by atoms with Crippen molar-refractivity contribution in [3.8, 4) is 0 Å². The van der Waals surface area contributed by atoms with E-state index in [2.05, 4.69) is 23.7 Å². The molecule has 0 saturated carbocycles. The van der Waals surface area contributed by atoms with Gasteiger partial charge in [0.05, 0.1) is 0 Å². The van der Waals surface area contributed by atoms with Gasteiger partial charge in [-0.2, -0.15) is 11.8 Å². The van der Waals surface area contributed by atoms with Gasteiger partial charge in [0.1, 0.15) is 0 Å². The van der Waals surface area contributed by atoms with E-state index in [1.807, 2.05) is 7.05 Å². The standard InChI is InChI=1S/C11H21NS/c1-10(5-6-12-2)8-11-4-3-7-13-9-11/h11-12H,1,3-9H2,2H3. The Morgan fingerprint density at radius 3 is 3.08 bits per heavy atom. The Kier molecular flexibility index (Phi) is 5.56. The third-order valence-electron chi connectivity index (χ3n) is 2.56. The first-order valence-corrected chi connectivity index (χ1v) is 6.37. The average Bonchev–Trinajstić information content (AvgIpc) is 2.16. The highest BCUT2D eigenvalue weighted by Gasteiger charge is 2.14. The summed E-state index contributed by atoms with van der Waals surface area (Å²) in [5.74, 6) is 3.65. The highest BCUT2D eigenvalue weighted by Crippen LogP contribution is 2.27. The normalized spacial score (nSPS) is 23.0. The van der Waals surface area contributed by atoms with Gasteiger partial charge in [-0.1, -0.05) is 12.2 Å². The van der Waals surface area contributed by atoms with Crippen molar-refractivity contribution in [2.45, 2.75) is 25.7 Å². The SMILES string of the molecule is C=C(CCNC)CC1CCCSC1. The summed E-state index contributed by atoms with van der Waals surface area (Å²) < 4.78 is 0. The van der Waals surface area contributed by atoms with E-state index in [1.54, 1.807) is 0 Å². The molecule has 1 heterocycles. The molecule has 2 heteroatoms. The number of thioether (sulfide) groups is 1. The van der Waals surface area contributed by atoms with Crippen molar-refractivity contribution >= 4 is 11.8 Å². The van der Waals surface area contributed by atoms with Gasteiger partial charge in [0.25, 0.3) is 0 Å². The first-order valence-electron chi connectivity index (χ1n) is 5.22. The smallest absolute Gasteiger partial charge is 0.00147 e. The van der Waals surface area contributed by atoms with Crippen LogP contribution in [-0.4, -0.2) is 25.1 Å². The van der Waals surface area contributed by atoms with Gasteiger partial charge < -0.3 is 5.32 Å². The van der Waals surface area contributed by atoms with Crippen molar-refractivity contribution in [2.75, 3.05) is 25.1 Å². The summed E-state index contributed by atoms with van der Waals surface area (Å²) in [6, 6.07) is 0. The molecule has 1 saturated heterocycles. The molecular weight excluding hydrogens is 178 g/mol. The second-order valence-electron chi connectivity index (χ2n) is 3.89. The number of nitrogens with one attached hydrogen (secondary N) is 1. The lowest BCUT2D eigenvalue weighted by Gasteiger charge is -2.22. The van der Waals surface area contributed by atoms with E-state index in [0.29, 0.717) is 0 Å². The molecule has 13 heavy (non-hydrogen) atoms. The lowest BCUT2D eigenvalue weighted by Crippen LogP contribution is -2.13. The third-order valence-corrected chi connectivity index (χ3v) is 3.84. The zero-order valence-corrected chi connectivity index (χ0v) is 9.46. The summed E-state index contributed by atoms with van der Waals surface area (Å²) in [7, 11) is 2.00. The molecule has 0 aromatic heterocycles. The van der Waals surface area contributed by atoms with E-state index < -0.39 is 0 Å². The van der Waals surface area contributed by atoms with Crippen LogP contribution in [0, 0.1) is 5.92 Å². The molecule has 1 aliphatic rings. The monoisotopic (exact) mass is 199 g/mol. The molecule has 0 aromatic carbocycles. The molecule has 0 aromatic rings. The van der Waals surface area contributed by atoms with Gasteiger partial charge in [-0.3, -0.25) is 0 Å². The molecule has 0 amide bonds. The summed E-state index contributed by atoms with van der Waals surface area (Å²) in [4.78, 5) is 0. The molecule has 0 aliphatic carbocycles. The first kappa shape index (κ1) is 11.1. The topological polar surface area (TPSA) is 12.0 Å². The molecule has 1 atom stereocenters. The predicted octanol–water partition coefficient (Wildman–Crippen LogP) is 2.69. The molecule has 0 spiro atoms. The molecule has 1 rings (SSSR count). The maximum atomic E-state index is 4.14. The van der Waals surface area contributed by atoms with Crippen LogP contribution in [0.1, 0.15) is 25.7 Å². The largest absolute Gasteiger partial charge is 0.319 e. The second-order valence-corrected chi connectivity index (χ2v) is 5.04. The van der Waals surface area contributed by atoms with E-state index in [4.69, 9.17) is 0 Å². The molecule has 1 nitrogen and oxygen atoms in total. The van der Waals surface area contributed by atoms with Crippen molar-refractivity contribution < 1.29 is 0 Å². The molecule has 0 radical (unpaired) electrons. The highest BCUT2D eigenvalue weighted by atomic mass is 32.2. The molecule has 1 fully saturated rings. The van der Waals surface area contributed by atoms with Crippen LogP contribution in [0.3, 0.4) is 0 Å². The van der Waals surface area contributed by atoms with Crippen molar-refractivity contribution in [3.63, 3.8) is 0 Å². The summed E-state index contributed by atoms with van der Waals surface area (Å²) in [6.45, 7) is 5.22.